The van der Waals surface area contributed by atoms with Gasteiger partial charge in [0.1, 0.15) is 0 Å². The highest BCUT2D eigenvalue weighted by molar-refractivity contribution is 5.90. The minimum atomic E-state index is -0.945. The highest BCUT2D eigenvalue weighted by atomic mass is 16.4. The summed E-state index contributed by atoms with van der Waals surface area (Å²) in [5.74, 6) is -0.309. The predicted molar refractivity (Wildman–Crippen MR) is 72.9 cm³/mol. The van der Waals surface area contributed by atoms with Gasteiger partial charge in [0, 0.05) is 6.04 Å². The van der Waals surface area contributed by atoms with E-state index in [-0.39, 0.29) is 5.56 Å². The van der Waals surface area contributed by atoms with Crippen LogP contribution in [0.3, 0.4) is 0 Å². The second kappa shape index (κ2) is 5.29. The molecule has 0 amide bonds. The van der Waals surface area contributed by atoms with Crippen LogP contribution >= 0.6 is 0 Å². The number of carboxylic acids is 1. The molecule has 0 radical (unpaired) electrons. The molecular weight excluding hydrogens is 228 g/mol. The molecule has 18 heavy (non-hydrogen) atoms. The molecule has 4 N–H and O–H groups in total. The smallest absolute Gasteiger partial charge is 0.335 e. The van der Waals surface area contributed by atoms with Crippen LogP contribution in [0.2, 0.25) is 0 Å². The zero-order chi connectivity index (χ0) is 13.1. The van der Waals surface area contributed by atoms with E-state index in [0.29, 0.717) is 17.6 Å². The largest absolute Gasteiger partial charge is 0.478 e. The van der Waals surface area contributed by atoms with Crippen molar-refractivity contribution >= 4 is 17.3 Å². The lowest BCUT2D eigenvalue weighted by Gasteiger charge is -2.30. The normalized spacial score (nSPS) is 23.6. The maximum Gasteiger partial charge on any atom is 0.335 e. The molecular formula is C14H20N2O2. The maximum atomic E-state index is 10.8. The summed E-state index contributed by atoms with van der Waals surface area (Å²) in [7, 11) is 0. The third-order valence-electron chi connectivity index (χ3n) is 3.75. The lowest BCUT2D eigenvalue weighted by Crippen LogP contribution is -2.30. The van der Waals surface area contributed by atoms with Crippen LogP contribution in [0.15, 0.2) is 18.2 Å². The van der Waals surface area contributed by atoms with Crippen molar-refractivity contribution in [1.82, 2.24) is 0 Å². The van der Waals surface area contributed by atoms with Gasteiger partial charge in [-0.15, -0.1) is 0 Å². The molecule has 0 spiro atoms. The fraction of sp³-hybridized carbons (Fsp3) is 0.500. The number of carboxylic acid groups (broad SMARTS) is 1. The Morgan fingerprint density at radius 3 is 2.72 bits per heavy atom. The van der Waals surface area contributed by atoms with Gasteiger partial charge < -0.3 is 16.2 Å². The zero-order valence-electron chi connectivity index (χ0n) is 10.6. The Morgan fingerprint density at radius 2 is 2.11 bits per heavy atom. The Balaban J connectivity index is 2.11. The average molecular weight is 248 g/mol. The van der Waals surface area contributed by atoms with Gasteiger partial charge in [0.05, 0.1) is 16.9 Å². The number of nitrogens with two attached hydrogens (primary N) is 1. The topological polar surface area (TPSA) is 75.3 Å². The van der Waals surface area contributed by atoms with E-state index in [1.165, 1.54) is 25.3 Å². The Bertz CT molecular complexity index is 445. The van der Waals surface area contributed by atoms with Crippen LogP contribution < -0.4 is 11.1 Å². The molecule has 2 rings (SSSR count). The van der Waals surface area contributed by atoms with E-state index in [2.05, 4.69) is 12.2 Å². The van der Waals surface area contributed by atoms with Crippen LogP contribution in [0.1, 0.15) is 43.0 Å². The fourth-order valence-electron chi connectivity index (χ4n) is 2.56. The monoisotopic (exact) mass is 248 g/mol. The van der Waals surface area contributed by atoms with E-state index in [4.69, 9.17) is 10.8 Å². The Labute approximate surface area is 107 Å². The first-order chi connectivity index (χ1) is 8.58. The van der Waals surface area contributed by atoms with Gasteiger partial charge in [0.25, 0.3) is 0 Å². The number of anilines is 2. The predicted octanol–water partition coefficient (Wildman–Crippen LogP) is 2.96. The first-order valence-electron chi connectivity index (χ1n) is 6.47. The highest BCUT2D eigenvalue weighted by Crippen LogP contribution is 2.29. The number of hydrogen-bond donors (Lipinski definition) is 3. The molecule has 0 saturated heterocycles. The van der Waals surface area contributed by atoms with Crippen LogP contribution in [0, 0.1) is 5.92 Å². The molecule has 4 nitrogen and oxygen atoms in total. The average Bonchev–Trinajstić information content (AvgIpc) is 2.34. The Hall–Kier alpha value is -1.71. The van der Waals surface area contributed by atoms with Crippen LogP contribution in [-0.2, 0) is 0 Å². The Kier molecular flexibility index (Phi) is 3.75. The summed E-state index contributed by atoms with van der Waals surface area (Å²) >= 11 is 0. The lowest BCUT2D eigenvalue weighted by atomic mass is 9.86. The SMILES string of the molecule is CC1CCCCC1Nc1ccc(C(=O)O)cc1N. The fourth-order valence-corrected chi connectivity index (χ4v) is 2.56. The van der Waals surface area contributed by atoms with Gasteiger partial charge in [-0.05, 0) is 37.0 Å². The number of nitrogens with one attached hydrogen (secondary N) is 1. The van der Waals surface area contributed by atoms with E-state index in [1.54, 1.807) is 12.1 Å². The summed E-state index contributed by atoms with van der Waals surface area (Å²) in [6.07, 6.45) is 4.94. The minimum absolute atomic E-state index is 0.231. The molecule has 1 aliphatic carbocycles. The number of aromatic carboxylic acids is 1. The Morgan fingerprint density at radius 1 is 1.39 bits per heavy atom. The molecule has 0 heterocycles. The van der Waals surface area contributed by atoms with Crippen molar-refractivity contribution in [1.29, 1.82) is 0 Å². The molecule has 0 aromatic heterocycles. The van der Waals surface area contributed by atoms with Crippen molar-refractivity contribution in [3.8, 4) is 0 Å². The van der Waals surface area contributed by atoms with Crippen LogP contribution in [0.4, 0.5) is 11.4 Å². The van der Waals surface area contributed by atoms with Gasteiger partial charge in [0.2, 0.25) is 0 Å². The third kappa shape index (κ3) is 2.75. The van der Waals surface area contributed by atoms with Crippen molar-refractivity contribution in [2.75, 3.05) is 11.1 Å². The summed E-state index contributed by atoms with van der Waals surface area (Å²) in [4.78, 5) is 10.8. The molecule has 1 aliphatic rings. The van der Waals surface area contributed by atoms with Gasteiger partial charge in [-0.3, -0.25) is 0 Å². The van der Waals surface area contributed by atoms with E-state index in [0.717, 1.165) is 12.1 Å². The molecule has 2 atom stereocenters. The van der Waals surface area contributed by atoms with E-state index in [1.807, 2.05) is 0 Å². The zero-order valence-corrected chi connectivity index (χ0v) is 10.6. The number of nitrogen functional groups attached to an aromatic ring is 1. The quantitative estimate of drug-likeness (QED) is 0.719. The third-order valence-corrected chi connectivity index (χ3v) is 3.75. The van der Waals surface area contributed by atoms with Gasteiger partial charge in [-0.2, -0.15) is 0 Å². The molecule has 1 aromatic rings. The van der Waals surface area contributed by atoms with E-state index >= 15 is 0 Å². The maximum absolute atomic E-state index is 10.8. The number of hydrogen-bond acceptors (Lipinski definition) is 3. The summed E-state index contributed by atoms with van der Waals surface area (Å²) in [5.41, 5.74) is 7.48. The molecule has 4 heteroatoms. The molecule has 1 aromatic carbocycles. The minimum Gasteiger partial charge on any atom is -0.478 e. The van der Waals surface area contributed by atoms with Gasteiger partial charge in [-0.25, -0.2) is 4.79 Å². The van der Waals surface area contributed by atoms with Crippen molar-refractivity contribution in [3.05, 3.63) is 23.8 Å². The molecule has 0 bridgehead atoms. The lowest BCUT2D eigenvalue weighted by molar-refractivity contribution is 0.0697. The van der Waals surface area contributed by atoms with E-state index in [9.17, 15) is 4.79 Å². The second-order valence-electron chi connectivity index (χ2n) is 5.12. The van der Waals surface area contributed by atoms with Crippen LogP contribution in [-0.4, -0.2) is 17.1 Å². The summed E-state index contributed by atoms with van der Waals surface area (Å²) in [6, 6.07) is 5.31. The first-order valence-corrected chi connectivity index (χ1v) is 6.47. The first kappa shape index (κ1) is 12.7. The van der Waals surface area contributed by atoms with Crippen molar-refractivity contribution < 1.29 is 9.90 Å². The molecule has 1 saturated carbocycles. The van der Waals surface area contributed by atoms with Crippen molar-refractivity contribution in [3.63, 3.8) is 0 Å². The summed E-state index contributed by atoms with van der Waals surface area (Å²) < 4.78 is 0. The number of carbonyl (C=O) groups is 1. The highest BCUT2D eigenvalue weighted by Gasteiger charge is 2.21. The molecule has 0 aliphatic heterocycles. The number of benzene rings is 1. The summed E-state index contributed by atoms with van der Waals surface area (Å²) in [6.45, 7) is 2.25. The number of rotatable bonds is 3. The second-order valence-corrected chi connectivity index (χ2v) is 5.12. The van der Waals surface area contributed by atoms with Crippen LogP contribution in [0.25, 0.3) is 0 Å². The molecule has 2 unspecified atom stereocenters. The van der Waals surface area contributed by atoms with Gasteiger partial charge >= 0.3 is 5.97 Å². The molecule has 1 fully saturated rings. The van der Waals surface area contributed by atoms with Crippen molar-refractivity contribution in [2.45, 2.75) is 38.6 Å². The molecule has 98 valence electrons. The summed E-state index contributed by atoms with van der Waals surface area (Å²) in [5, 5.41) is 12.3. The standard InChI is InChI=1S/C14H20N2O2/c1-9-4-2-3-5-12(9)16-13-7-6-10(14(17)18)8-11(13)15/h6-9,12,16H,2-5,15H2,1H3,(H,17,18). The van der Waals surface area contributed by atoms with Gasteiger partial charge in [-0.1, -0.05) is 19.8 Å². The van der Waals surface area contributed by atoms with E-state index < -0.39 is 5.97 Å². The van der Waals surface area contributed by atoms with Crippen LogP contribution in [0.5, 0.6) is 0 Å². The van der Waals surface area contributed by atoms with Crippen molar-refractivity contribution in [2.24, 2.45) is 5.92 Å². The van der Waals surface area contributed by atoms with Gasteiger partial charge in [0.15, 0.2) is 0 Å².